The molecule has 0 spiro atoms. The average molecular weight is 238 g/mol. The van der Waals surface area contributed by atoms with E-state index in [1.54, 1.807) is 5.57 Å². The summed E-state index contributed by atoms with van der Waals surface area (Å²) >= 11 is 0. The molecule has 3 heteroatoms. The summed E-state index contributed by atoms with van der Waals surface area (Å²) in [5, 5.41) is 0. The second-order valence-electron chi connectivity index (χ2n) is 3.37. The Morgan fingerprint density at radius 2 is 2.00 bits per heavy atom. The van der Waals surface area contributed by atoms with Crippen LogP contribution in [0.3, 0.4) is 0 Å². The van der Waals surface area contributed by atoms with Crippen molar-refractivity contribution in [2.45, 2.75) is 33.1 Å². The van der Waals surface area contributed by atoms with Crippen LogP contribution in [0.4, 0.5) is 0 Å². The molecule has 0 N–H and O–H groups in total. The van der Waals surface area contributed by atoms with Crippen LogP contribution in [0, 0.1) is 5.92 Å². The van der Waals surface area contributed by atoms with Gasteiger partial charge in [-0.2, -0.15) is 0 Å². The molecule has 1 unspecified atom stereocenters. The fraction of sp³-hybridized carbons (Fsp3) is 0.600. The van der Waals surface area contributed by atoms with E-state index in [1.165, 1.54) is 24.8 Å². The summed E-state index contributed by atoms with van der Waals surface area (Å²) in [4.78, 5) is 0. The Hall–Kier alpha value is 0.530. The quantitative estimate of drug-likeness (QED) is 0.615. The van der Waals surface area contributed by atoms with Crippen molar-refractivity contribution in [1.29, 1.82) is 0 Å². The van der Waals surface area contributed by atoms with Gasteiger partial charge in [0.1, 0.15) is 0 Å². The minimum Gasteiger partial charge on any atom is -2.76 e. The topological polar surface area (TPSA) is 0 Å². The second kappa shape index (κ2) is 9.10. The zero-order chi connectivity index (χ0) is 7.56. The van der Waals surface area contributed by atoms with Gasteiger partial charge in [-0.15, -0.1) is 0 Å². The van der Waals surface area contributed by atoms with Crippen molar-refractivity contribution in [3.05, 3.63) is 23.8 Å². The molecule has 0 aromatic rings. The summed E-state index contributed by atoms with van der Waals surface area (Å²) in [6.07, 6.45) is 6.17. The van der Waals surface area contributed by atoms with E-state index in [1.807, 2.05) is 0 Å². The molecule has 0 radical (unpaired) electrons. The van der Waals surface area contributed by atoms with Gasteiger partial charge in [0.05, 0.1) is 0 Å². The van der Waals surface area contributed by atoms with Gasteiger partial charge >= 0.3 is 0 Å². The van der Waals surface area contributed by atoms with Gasteiger partial charge in [-0.25, -0.2) is 0 Å². The van der Waals surface area contributed by atoms with Crippen LogP contribution in [0.5, 0.6) is 0 Å². The van der Waals surface area contributed by atoms with Gasteiger partial charge in [-0.3, -0.25) is 0 Å². The zero-order valence-electron chi connectivity index (χ0n) is 7.80. The van der Waals surface area contributed by atoms with Gasteiger partial charge in [0.2, 0.25) is 0 Å². The number of hydrogen-bond donors (Lipinski definition) is 0. The van der Waals surface area contributed by atoms with Crippen molar-refractivity contribution >= 4 is 40.5 Å². The predicted octanol–water partition coefficient (Wildman–Crippen LogP) is 2.35. The highest BCUT2D eigenvalue weighted by atomic mass is 32.1. The Morgan fingerprint density at radius 3 is 2.31 bits per heavy atom. The second-order valence-corrected chi connectivity index (χ2v) is 3.37. The lowest BCUT2D eigenvalue weighted by Crippen LogP contribution is -2.04. The van der Waals surface area contributed by atoms with Crippen LogP contribution in [-0.2, 0) is 27.0 Å². The number of rotatable bonds is 1. The van der Waals surface area contributed by atoms with Crippen LogP contribution in [-0.4, -0.2) is 0 Å². The number of allylic oxidation sites excluding steroid dienone is 3. The first-order valence-corrected chi connectivity index (χ1v) is 4.01. The third kappa shape index (κ3) is 6.58. The molecular formula is C10H22S3. The van der Waals surface area contributed by atoms with E-state index < -0.39 is 0 Å². The van der Waals surface area contributed by atoms with Crippen molar-refractivity contribution in [1.82, 2.24) is 0 Å². The van der Waals surface area contributed by atoms with Crippen LogP contribution in [0.25, 0.3) is 0 Å². The lowest BCUT2D eigenvalue weighted by atomic mass is 9.86. The maximum absolute atomic E-state index is 3.97. The Labute approximate surface area is 103 Å². The molecule has 80 valence electrons. The summed E-state index contributed by atoms with van der Waals surface area (Å²) in [6, 6.07) is 0. The van der Waals surface area contributed by atoms with E-state index >= 15 is 0 Å². The zero-order valence-corrected chi connectivity index (χ0v) is 9.43. The van der Waals surface area contributed by atoms with Crippen LogP contribution in [0.2, 0.25) is 0 Å². The van der Waals surface area contributed by atoms with Crippen LogP contribution in [0.15, 0.2) is 23.8 Å². The Morgan fingerprint density at radius 1 is 1.46 bits per heavy atom. The molecule has 0 aliphatic heterocycles. The molecule has 0 saturated carbocycles. The molecule has 1 rings (SSSR count). The Kier molecular flexibility index (Phi) is 13.4. The highest BCUT2D eigenvalue weighted by molar-refractivity contribution is 7.59. The van der Waals surface area contributed by atoms with Crippen molar-refractivity contribution in [2.24, 2.45) is 5.92 Å². The molecule has 1 aliphatic rings. The molecular weight excluding hydrogens is 216 g/mol. The molecule has 1 aliphatic carbocycles. The lowest BCUT2D eigenvalue weighted by molar-refractivity contribution is 0.540. The summed E-state index contributed by atoms with van der Waals surface area (Å²) in [5.74, 6) is 0.767. The smallest absolute Gasteiger partial charge is 0.0171 e. The molecule has 13 heavy (non-hydrogen) atoms. The molecule has 0 aromatic carbocycles. The van der Waals surface area contributed by atoms with Gasteiger partial charge < -0.3 is 40.5 Å². The van der Waals surface area contributed by atoms with Crippen molar-refractivity contribution in [3.63, 3.8) is 0 Å². The Balaban J connectivity index is -0.000000333. The molecule has 0 bridgehead atoms. The fourth-order valence-electron chi connectivity index (χ4n) is 1.41. The molecule has 0 nitrogen and oxygen atoms in total. The summed E-state index contributed by atoms with van der Waals surface area (Å²) in [5.41, 5.74) is 2.90. The average Bonchev–Trinajstić information content (AvgIpc) is 1.88. The van der Waals surface area contributed by atoms with Gasteiger partial charge in [0, 0.05) is 0 Å². The minimum atomic E-state index is 0. The van der Waals surface area contributed by atoms with Crippen LogP contribution in [0.1, 0.15) is 33.1 Å². The highest BCUT2D eigenvalue weighted by Crippen LogP contribution is 2.27. The fourth-order valence-corrected chi connectivity index (χ4v) is 1.41. The van der Waals surface area contributed by atoms with Crippen LogP contribution >= 0.6 is 13.5 Å². The van der Waals surface area contributed by atoms with E-state index in [0.29, 0.717) is 0 Å². The first-order chi connectivity index (χ1) is 4.70. The van der Waals surface area contributed by atoms with E-state index in [4.69, 9.17) is 0 Å². The molecule has 0 heterocycles. The monoisotopic (exact) mass is 238 g/mol. The minimum absolute atomic E-state index is 0. The molecule has 0 saturated heterocycles. The third-order valence-electron chi connectivity index (χ3n) is 2.33. The third-order valence-corrected chi connectivity index (χ3v) is 2.33. The largest absolute Gasteiger partial charge is 2.76 e. The van der Waals surface area contributed by atoms with Gasteiger partial charge in [0.25, 0.3) is 0 Å². The maximum Gasteiger partial charge on any atom is -0.0171 e. The molecule has 0 amide bonds. The normalized spacial score (nSPS) is 19.8. The number of hydrogen-bond acceptors (Lipinski definition) is 0. The van der Waals surface area contributed by atoms with Crippen molar-refractivity contribution < 1.29 is 0 Å². The Bertz CT molecular complexity index is 173. The summed E-state index contributed by atoms with van der Waals surface area (Å²) in [6.45, 7) is 8.33. The molecule has 0 aromatic heterocycles. The van der Waals surface area contributed by atoms with Crippen molar-refractivity contribution in [3.8, 4) is 0 Å². The van der Waals surface area contributed by atoms with E-state index in [-0.39, 0.29) is 40.5 Å². The highest BCUT2D eigenvalue weighted by Gasteiger charge is 2.11. The SMILES string of the molecule is C=C(C)C1CC=C(C)CC1.[S-2].[S-2].[SH6+4]. The maximum atomic E-state index is 3.97. The molecule has 0 fully saturated rings. The van der Waals surface area contributed by atoms with Gasteiger partial charge in [0.15, 0.2) is 0 Å². The van der Waals surface area contributed by atoms with Gasteiger partial charge in [-0.05, 0) is 39.0 Å². The molecule has 1 atom stereocenters. The standard InChI is InChI=1S/C10H16.H6S.2S/c1-8(2)10-6-4-9(3)5-7-10;;;/h4,10H,1,5-7H2,2-3H3;1H6;;/q;+4;2*-2. The first kappa shape index (κ1) is 19.2. The lowest BCUT2D eigenvalue weighted by Gasteiger charge is -2.76. The van der Waals surface area contributed by atoms with Crippen LogP contribution < -0.4 is 0 Å². The van der Waals surface area contributed by atoms with E-state index in [2.05, 4.69) is 26.5 Å². The van der Waals surface area contributed by atoms with Gasteiger partial charge in [-0.1, -0.05) is 23.8 Å². The first-order valence-electron chi connectivity index (χ1n) is 4.01. The van der Waals surface area contributed by atoms with E-state index in [0.717, 1.165) is 5.92 Å². The summed E-state index contributed by atoms with van der Waals surface area (Å²) in [7, 11) is 0. The summed E-state index contributed by atoms with van der Waals surface area (Å²) < 4.78 is 0. The van der Waals surface area contributed by atoms with E-state index in [9.17, 15) is 0 Å². The van der Waals surface area contributed by atoms with Crippen molar-refractivity contribution in [2.75, 3.05) is 0 Å². The predicted molar refractivity (Wildman–Crippen MR) is 76.6 cm³/mol.